The molecule has 0 aliphatic heterocycles. The molecule has 0 aliphatic rings. The van der Waals surface area contributed by atoms with E-state index in [9.17, 15) is 34.6 Å². The van der Waals surface area contributed by atoms with E-state index in [-0.39, 0.29) is 32.7 Å². The number of hydrogen-bond donors (Lipinski definition) is 3. The highest BCUT2D eigenvalue weighted by Gasteiger charge is 2.21. The lowest BCUT2D eigenvalue weighted by Gasteiger charge is -2.08. The third-order valence-electron chi connectivity index (χ3n) is 4.63. The summed E-state index contributed by atoms with van der Waals surface area (Å²) in [6.07, 6.45) is 1.12. The van der Waals surface area contributed by atoms with Gasteiger partial charge in [-0.3, -0.25) is 19.0 Å². The Morgan fingerprint density at radius 1 is 0.974 bits per heavy atom. The number of sulfone groups is 1. The number of H-pyrrole nitrogens is 1. The summed E-state index contributed by atoms with van der Waals surface area (Å²) >= 11 is 12.0. The monoisotopic (exact) mass is 630 g/mol. The minimum Gasteiger partial charge on any atom is -0.494 e. The maximum Gasteiger partial charge on any atom is 0.397 e. The van der Waals surface area contributed by atoms with Gasteiger partial charge in [0.15, 0.2) is 15.5 Å². The van der Waals surface area contributed by atoms with Crippen LogP contribution in [0.3, 0.4) is 0 Å². The van der Waals surface area contributed by atoms with Crippen molar-refractivity contribution < 1.29 is 43.3 Å². The quantitative estimate of drug-likeness (QED) is 0.218. The molecule has 3 rings (SSSR count). The molecule has 0 saturated carbocycles. The van der Waals surface area contributed by atoms with Crippen molar-refractivity contribution in [2.45, 2.75) is 9.79 Å². The van der Waals surface area contributed by atoms with Gasteiger partial charge in [-0.1, -0.05) is 23.2 Å². The van der Waals surface area contributed by atoms with Crippen LogP contribution in [-0.4, -0.2) is 63.6 Å². The van der Waals surface area contributed by atoms with Gasteiger partial charge in [0.25, 0.3) is 15.7 Å². The van der Waals surface area contributed by atoms with Gasteiger partial charge in [0.05, 0.1) is 46.3 Å². The number of methoxy groups -OCH3 is 1. The Hall–Kier alpha value is -2.84. The molecule has 0 amide bonds. The van der Waals surface area contributed by atoms with Crippen LogP contribution in [0.25, 0.3) is 5.69 Å². The first kappa shape index (κ1) is 29.7. The molecule has 0 fully saturated rings. The van der Waals surface area contributed by atoms with Crippen molar-refractivity contribution in [2.24, 2.45) is 10.2 Å². The summed E-state index contributed by atoms with van der Waals surface area (Å²) in [5, 5.41) is 9.52. The number of rotatable bonds is 10. The Labute approximate surface area is 225 Å². The standard InChI is InChI=1S/C18H16Cl2N4O11S3/c1-34-16-3-2-10(36(26,27)5-4-35-38(31,32)33)6-13(16)22-23-14-9-21-24(18(14)25)15-7-12(20)17(8-11(15)19)37(28,29)30/h2-3,6-9,21H,4-5H2,1H3,(H,28,29,30)(H,31,32,33). The Morgan fingerprint density at radius 3 is 2.24 bits per heavy atom. The predicted octanol–water partition coefficient (Wildman–Crippen LogP) is 2.74. The summed E-state index contributed by atoms with van der Waals surface area (Å²) in [5.74, 6) is -0.717. The number of nitrogens with one attached hydrogen (secondary N) is 1. The zero-order chi connectivity index (χ0) is 28.5. The summed E-state index contributed by atoms with van der Waals surface area (Å²) < 4.78 is 96.9. The number of ether oxygens (including phenoxy) is 1. The Balaban J connectivity index is 1.95. The molecule has 0 aliphatic carbocycles. The van der Waals surface area contributed by atoms with Crippen LogP contribution in [0.1, 0.15) is 0 Å². The second kappa shape index (κ2) is 11.1. The topological polar surface area (TPSA) is 224 Å². The highest BCUT2D eigenvalue weighted by atomic mass is 35.5. The van der Waals surface area contributed by atoms with Crippen LogP contribution >= 0.6 is 23.2 Å². The van der Waals surface area contributed by atoms with Crippen molar-refractivity contribution in [2.75, 3.05) is 19.5 Å². The third kappa shape index (κ3) is 6.97. The molecule has 1 heterocycles. The molecule has 3 aromatic rings. The first-order chi connectivity index (χ1) is 17.5. The zero-order valence-electron chi connectivity index (χ0n) is 18.8. The van der Waals surface area contributed by atoms with Crippen LogP contribution in [0.15, 0.2) is 61.3 Å². The fourth-order valence-corrected chi connectivity index (χ4v) is 5.75. The van der Waals surface area contributed by atoms with Crippen LogP contribution in [0, 0.1) is 0 Å². The van der Waals surface area contributed by atoms with Crippen molar-refractivity contribution in [3.8, 4) is 11.4 Å². The SMILES string of the molecule is COc1ccc(S(=O)(=O)CCOS(=O)(=O)O)cc1N=Nc1c[nH]n(-c2cc(Cl)c(S(=O)(=O)O)cc2Cl)c1=O. The lowest BCUT2D eigenvalue weighted by atomic mass is 10.3. The van der Waals surface area contributed by atoms with E-state index in [1.807, 2.05) is 0 Å². The molecule has 20 heteroatoms. The van der Waals surface area contributed by atoms with Gasteiger partial charge in [0.1, 0.15) is 16.3 Å². The molecule has 0 unspecified atom stereocenters. The molecule has 0 saturated heterocycles. The van der Waals surface area contributed by atoms with Gasteiger partial charge in [-0.2, -0.15) is 16.8 Å². The molecule has 206 valence electrons. The number of halogens is 2. The van der Waals surface area contributed by atoms with Crippen molar-refractivity contribution >= 4 is 64.9 Å². The van der Waals surface area contributed by atoms with Crippen molar-refractivity contribution in [3.05, 3.63) is 56.9 Å². The van der Waals surface area contributed by atoms with E-state index in [4.69, 9.17) is 32.5 Å². The summed E-state index contributed by atoms with van der Waals surface area (Å²) in [4.78, 5) is 11.8. The lowest BCUT2D eigenvalue weighted by Crippen LogP contribution is -2.15. The van der Waals surface area contributed by atoms with E-state index in [1.54, 1.807) is 0 Å². The maximum atomic E-state index is 12.8. The van der Waals surface area contributed by atoms with E-state index < -0.39 is 58.2 Å². The largest absolute Gasteiger partial charge is 0.494 e. The van der Waals surface area contributed by atoms with E-state index in [0.717, 1.165) is 35.1 Å². The molecule has 2 aromatic carbocycles. The zero-order valence-corrected chi connectivity index (χ0v) is 22.7. The number of hydrogen-bond acceptors (Lipinski definition) is 11. The first-order valence-electron chi connectivity index (χ1n) is 9.75. The summed E-state index contributed by atoms with van der Waals surface area (Å²) in [7, 11) is -12.3. The molecule has 38 heavy (non-hydrogen) atoms. The van der Waals surface area contributed by atoms with Gasteiger partial charge in [-0.25, -0.2) is 17.3 Å². The molecular formula is C18H16Cl2N4O11S3. The van der Waals surface area contributed by atoms with Gasteiger partial charge >= 0.3 is 10.4 Å². The Kier molecular flexibility index (Phi) is 8.68. The average molecular weight is 631 g/mol. The van der Waals surface area contributed by atoms with E-state index >= 15 is 0 Å². The predicted molar refractivity (Wildman–Crippen MR) is 133 cm³/mol. The minimum atomic E-state index is -4.83. The summed E-state index contributed by atoms with van der Waals surface area (Å²) in [5.41, 5.74) is -1.28. The summed E-state index contributed by atoms with van der Waals surface area (Å²) in [6.45, 7) is -0.843. The minimum absolute atomic E-state index is 0.0756. The van der Waals surface area contributed by atoms with Gasteiger partial charge in [0.2, 0.25) is 0 Å². The molecule has 0 bridgehead atoms. The maximum absolute atomic E-state index is 12.8. The van der Waals surface area contributed by atoms with E-state index in [2.05, 4.69) is 19.5 Å². The van der Waals surface area contributed by atoms with Gasteiger partial charge in [-0.15, -0.1) is 10.2 Å². The van der Waals surface area contributed by atoms with Crippen LogP contribution < -0.4 is 10.3 Å². The van der Waals surface area contributed by atoms with E-state index in [0.29, 0.717) is 0 Å². The molecule has 0 spiro atoms. The van der Waals surface area contributed by atoms with E-state index in [1.165, 1.54) is 13.2 Å². The Morgan fingerprint density at radius 2 is 1.63 bits per heavy atom. The van der Waals surface area contributed by atoms with Gasteiger partial charge < -0.3 is 4.74 Å². The second-order valence-electron chi connectivity index (χ2n) is 7.11. The average Bonchev–Trinajstić information content (AvgIpc) is 3.16. The lowest BCUT2D eigenvalue weighted by molar-refractivity contribution is 0.284. The number of benzene rings is 2. The van der Waals surface area contributed by atoms with Crippen molar-refractivity contribution in [1.29, 1.82) is 0 Å². The fraction of sp³-hybridized carbons (Fsp3) is 0.167. The molecule has 15 nitrogen and oxygen atoms in total. The normalized spacial score (nSPS) is 12.8. The third-order valence-corrected chi connectivity index (χ3v) is 8.39. The molecule has 3 N–H and O–H groups in total. The van der Waals surface area contributed by atoms with Crippen LogP contribution in [0.5, 0.6) is 5.75 Å². The Bertz CT molecular complexity index is 1800. The van der Waals surface area contributed by atoms with Gasteiger partial charge in [-0.05, 0) is 30.3 Å². The van der Waals surface area contributed by atoms with Crippen LogP contribution in [0.2, 0.25) is 10.0 Å². The highest BCUT2D eigenvalue weighted by Crippen LogP contribution is 2.33. The first-order valence-corrected chi connectivity index (χ1v) is 15.0. The van der Waals surface area contributed by atoms with Crippen molar-refractivity contribution in [1.82, 2.24) is 9.78 Å². The summed E-state index contributed by atoms with van der Waals surface area (Å²) in [6, 6.07) is 5.33. The number of aromatic amines is 1. The number of nitrogens with zero attached hydrogens (tertiary/aromatic N) is 3. The fourth-order valence-electron chi connectivity index (χ4n) is 2.91. The number of azo groups is 1. The number of aromatic nitrogens is 2. The second-order valence-corrected chi connectivity index (χ2v) is 12.5. The smallest absolute Gasteiger partial charge is 0.397 e. The molecule has 0 radical (unpaired) electrons. The van der Waals surface area contributed by atoms with Crippen molar-refractivity contribution in [3.63, 3.8) is 0 Å². The van der Waals surface area contributed by atoms with Crippen LogP contribution in [0.4, 0.5) is 11.4 Å². The molecule has 1 aromatic heterocycles. The molecule has 0 atom stereocenters. The highest BCUT2D eigenvalue weighted by molar-refractivity contribution is 7.91. The van der Waals surface area contributed by atoms with Crippen LogP contribution in [-0.2, 0) is 34.5 Å². The molecular weight excluding hydrogens is 615 g/mol. The van der Waals surface area contributed by atoms with Gasteiger partial charge in [0, 0.05) is 0 Å².